The molecule has 0 saturated carbocycles. The number of anilines is 1. The molecule has 0 radical (unpaired) electrons. The number of carbonyl (C=O) groups is 2. The molecule has 3 heterocycles. The number of rotatable bonds is 5. The Balaban J connectivity index is 1.93. The minimum atomic E-state index is -0.708. The van der Waals surface area contributed by atoms with Gasteiger partial charge in [-0.1, -0.05) is 23.3 Å². The first-order valence-corrected chi connectivity index (χ1v) is 9.11. The summed E-state index contributed by atoms with van der Waals surface area (Å²) in [6, 6.07) is 9.92. The van der Waals surface area contributed by atoms with Gasteiger partial charge in [0.1, 0.15) is 17.5 Å². The first kappa shape index (κ1) is 17.9. The third-order valence-electron chi connectivity index (χ3n) is 4.33. The van der Waals surface area contributed by atoms with Crippen molar-refractivity contribution in [2.75, 3.05) is 19.5 Å². The Labute approximate surface area is 163 Å². The Morgan fingerprint density at radius 2 is 1.96 bits per heavy atom. The number of aromatic nitrogens is 4. The number of methoxy groups -OCH3 is 2. The molecule has 3 aromatic rings. The van der Waals surface area contributed by atoms with Gasteiger partial charge in [-0.05, 0) is 39.6 Å². The molecule has 0 aliphatic carbocycles. The maximum Gasteiger partial charge on any atom is 0.355 e. The van der Waals surface area contributed by atoms with Gasteiger partial charge in [0.05, 0.1) is 24.7 Å². The van der Waals surface area contributed by atoms with Crippen molar-refractivity contribution in [2.45, 2.75) is 6.04 Å². The minimum Gasteiger partial charge on any atom is -0.497 e. The first-order valence-electron chi connectivity index (χ1n) is 8.23. The van der Waals surface area contributed by atoms with Crippen molar-refractivity contribution < 1.29 is 19.1 Å². The van der Waals surface area contributed by atoms with E-state index in [0.717, 1.165) is 5.56 Å². The molecule has 10 heteroatoms. The number of ketones is 1. The van der Waals surface area contributed by atoms with Crippen LogP contribution in [0.2, 0.25) is 0 Å². The molecule has 0 amide bonds. The van der Waals surface area contributed by atoms with Crippen LogP contribution in [-0.4, -0.2) is 46.2 Å². The van der Waals surface area contributed by atoms with E-state index in [1.807, 2.05) is 0 Å². The topological polar surface area (TPSA) is 108 Å². The highest BCUT2D eigenvalue weighted by molar-refractivity contribution is 7.12. The van der Waals surface area contributed by atoms with Crippen molar-refractivity contribution >= 4 is 29.0 Å². The van der Waals surface area contributed by atoms with Gasteiger partial charge in [0.25, 0.3) is 0 Å². The number of tetrazole rings is 1. The first-order chi connectivity index (χ1) is 13.6. The van der Waals surface area contributed by atoms with E-state index in [9.17, 15) is 9.59 Å². The van der Waals surface area contributed by atoms with Crippen molar-refractivity contribution in [3.8, 4) is 5.75 Å². The number of fused-ring (bicyclic) bond motifs is 1. The molecule has 0 fully saturated rings. The van der Waals surface area contributed by atoms with Crippen molar-refractivity contribution in [1.29, 1.82) is 0 Å². The Morgan fingerprint density at radius 3 is 2.61 bits per heavy atom. The predicted octanol–water partition coefficient (Wildman–Crippen LogP) is 2.07. The molecule has 1 aromatic carbocycles. The number of nitrogens with one attached hydrogen (secondary N) is 1. The summed E-state index contributed by atoms with van der Waals surface area (Å²) in [4.78, 5) is 26.3. The van der Waals surface area contributed by atoms with Crippen LogP contribution < -0.4 is 10.1 Å². The van der Waals surface area contributed by atoms with Crippen molar-refractivity contribution in [2.24, 2.45) is 0 Å². The lowest BCUT2D eigenvalue weighted by Gasteiger charge is -2.27. The molecule has 142 valence electrons. The SMILES string of the molecule is COC(=O)C1=C(C(=O)c2cccs2)[C@@H](c2ccc(OC)cc2)n2nnnc2N1. The van der Waals surface area contributed by atoms with Crippen molar-refractivity contribution in [3.05, 3.63) is 63.5 Å². The van der Waals surface area contributed by atoms with Crippen LogP contribution in [0.5, 0.6) is 5.75 Å². The lowest BCUT2D eigenvalue weighted by Crippen LogP contribution is -2.32. The van der Waals surface area contributed by atoms with Crippen LogP contribution in [0.15, 0.2) is 53.0 Å². The van der Waals surface area contributed by atoms with Gasteiger partial charge in [-0.3, -0.25) is 4.79 Å². The van der Waals surface area contributed by atoms with Gasteiger partial charge in [0.15, 0.2) is 0 Å². The Hall–Kier alpha value is -3.53. The zero-order chi connectivity index (χ0) is 19.7. The molecule has 0 saturated heterocycles. The third kappa shape index (κ3) is 2.93. The Kier molecular flexibility index (Phi) is 4.62. The maximum absolute atomic E-state index is 13.3. The Morgan fingerprint density at radius 1 is 1.18 bits per heavy atom. The summed E-state index contributed by atoms with van der Waals surface area (Å²) in [5, 5.41) is 16.2. The number of ether oxygens (including phenoxy) is 2. The average molecular weight is 397 g/mol. The normalized spacial score (nSPS) is 15.6. The van der Waals surface area contributed by atoms with Crippen LogP contribution in [0.4, 0.5) is 5.95 Å². The standard InChI is InChI=1S/C18H15N5O4S/c1-26-11-7-5-10(6-8-11)15-13(16(24)12-4-3-9-28-12)14(17(25)27-2)19-18-20-21-22-23(15)18/h3-9,15H,1-2H3,(H,19,20,22)/t15-/m1/s1. The van der Waals surface area contributed by atoms with E-state index in [1.54, 1.807) is 48.9 Å². The molecule has 1 aliphatic rings. The highest BCUT2D eigenvalue weighted by Crippen LogP contribution is 2.37. The maximum atomic E-state index is 13.3. The van der Waals surface area contributed by atoms with E-state index in [1.165, 1.54) is 23.1 Å². The number of thiophene rings is 1. The predicted molar refractivity (Wildman–Crippen MR) is 100 cm³/mol. The number of carbonyl (C=O) groups excluding carboxylic acids is 2. The van der Waals surface area contributed by atoms with Crippen LogP contribution in [0.3, 0.4) is 0 Å². The lowest BCUT2D eigenvalue weighted by molar-refractivity contribution is -0.136. The number of esters is 1. The second-order valence-electron chi connectivity index (χ2n) is 5.83. The molecule has 4 rings (SSSR count). The molecule has 1 N–H and O–H groups in total. The third-order valence-corrected chi connectivity index (χ3v) is 5.20. The molecule has 9 nitrogen and oxygen atoms in total. The number of hydrogen-bond acceptors (Lipinski definition) is 9. The minimum absolute atomic E-state index is 0.0176. The summed E-state index contributed by atoms with van der Waals surface area (Å²) in [7, 11) is 2.82. The van der Waals surface area contributed by atoms with Crippen LogP contribution >= 0.6 is 11.3 Å². The van der Waals surface area contributed by atoms with Crippen LogP contribution in [0, 0.1) is 0 Å². The fraction of sp³-hybridized carbons (Fsp3) is 0.167. The van der Waals surface area contributed by atoms with E-state index >= 15 is 0 Å². The highest BCUT2D eigenvalue weighted by Gasteiger charge is 2.38. The van der Waals surface area contributed by atoms with E-state index in [4.69, 9.17) is 9.47 Å². The average Bonchev–Trinajstić information content (AvgIpc) is 3.43. The van der Waals surface area contributed by atoms with Gasteiger partial charge in [-0.15, -0.1) is 11.3 Å². The van der Waals surface area contributed by atoms with Crippen LogP contribution in [0.25, 0.3) is 0 Å². The summed E-state index contributed by atoms with van der Waals surface area (Å²) in [5.41, 5.74) is 0.945. The van der Waals surface area contributed by atoms with Crippen LogP contribution in [-0.2, 0) is 9.53 Å². The zero-order valence-corrected chi connectivity index (χ0v) is 15.8. The monoisotopic (exact) mass is 397 g/mol. The number of benzene rings is 1. The summed E-state index contributed by atoms with van der Waals surface area (Å²) < 4.78 is 11.6. The second-order valence-corrected chi connectivity index (χ2v) is 6.78. The van der Waals surface area contributed by atoms with E-state index < -0.39 is 12.0 Å². The number of nitrogens with zero attached hydrogens (tertiary/aromatic N) is 4. The molecule has 28 heavy (non-hydrogen) atoms. The van der Waals surface area contributed by atoms with Gasteiger partial charge < -0.3 is 14.8 Å². The van der Waals surface area contributed by atoms with Crippen LogP contribution in [0.1, 0.15) is 21.3 Å². The quantitative estimate of drug-likeness (QED) is 0.515. The van der Waals surface area contributed by atoms with E-state index in [0.29, 0.717) is 10.6 Å². The molecule has 0 spiro atoms. The van der Waals surface area contributed by atoms with Gasteiger partial charge >= 0.3 is 5.97 Å². The summed E-state index contributed by atoms with van der Waals surface area (Å²) in [5.74, 6) is -0.0700. The zero-order valence-electron chi connectivity index (χ0n) is 14.9. The molecular weight excluding hydrogens is 382 g/mol. The number of Topliss-reactive ketones (excluding diaryl/α,β-unsaturated/α-hetero) is 1. The molecule has 2 aromatic heterocycles. The smallest absolute Gasteiger partial charge is 0.355 e. The molecule has 0 unspecified atom stereocenters. The van der Waals surface area contributed by atoms with Gasteiger partial charge in [-0.25, -0.2) is 4.79 Å². The second kappa shape index (κ2) is 7.24. The lowest BCUT2D eigenvalue weighted by atomic mass is 9.91. The van der Waals surface area contributed by atoms with E-state index in [-0.39, 0.29) is 23.0 Å². The molecule has 0 bridgehead atoms. The van der Waals surface area contributed by atoms with Crippen molar-refractivity contribution in [3.63, 3.8) is 0 Å². The Bertz CT molecular complexity index is 1060. The summed E-state index contributed by atoms with van der Waals surface area (Å²) in [6.07, 6.45) is 0. The van der Waals surface area contributed by atoms with Crippen molar-refractivity contribution in [1.82, 2.24) is 20.2 Å². The number of allylic oxidation sites excluding steroid dienone is 1. The molecular formula is C18H15N5O4S. The van der Waals surface area contributed by atoms with Gasteiger partial charge in [0.2, 0.25) is 11.7 Å². The van der Waals surface area contributed by atoms with Gasteiger partial charge in [0, 0.05) is 0 Å². The molecule has 1 atom stereocenters. The number of hydrogen-bond donors (Lipinski definition) is 1. The highest BCUT2D eigenvalue weighted by atomic mass is 32.1. The fourth-order valence-electron chi connectivity index (χ4n) is 3.02. The van der Waals surface area contributed by atoms with E-state index in [2.05, 4.69) is 20.8 Å². The summed E-state index contributed by atoms with van der Waals surface area (Å²) in [6.45, 7) is 0. The largest absolute Gasteiger partial charge is 0.497 e. The fourth-order valence-corrected chi connectivity index (χ4v) is 3.70. The van der Waals surface area contributed by atoms with Gasteiger partial charge in [-0.2, -0.15) is 4.68 Å². The molecule has 1 aliphatic heterocycles. The summed E-state index contributed by atoms with van der Waals surface area (Å²) >= 11 is 1.29.